The van der Waals surface area contributed by atoms with E-state index in [1.54, 1.807) is 7.11 Å². The van der Waals surface area contributed by atoms with Crippen molar-refractivity contribution in [3.8, 4) is 28.6 Å². The molecule has 31 heavy (non-hydrogen) atoms. The Hall–Kier alpha value is -3.20. The Labute approximate surface area is 184 Å². The van der Waals surface area contributed by atoms with Crippen LogP contribution in [0.4, 0.5) is 0 Å². The molecule has 162 valence electrons. The molecule has 1 unspecified atom stereocenters. The summed E-state index contributed by atoms with van der Waals surface area (Å²) in [6.07, 6.45) is 0. The minimum atomic E-state index is -0.154. The molecule has 8 nitrogen and oxygen atoms in total. The number of carbonyl (C=O) groups is 1. The molecule has 0 aliphatic carbocycles. The molecule has 1 atom stereocenters. The van der Waals surface area contributed by atoms with Gasteiger partial charge in [-0.2, -0.15) is 0 Å². The molecule has 2 aromatic carbocycles. The van der Waals surface area contributed by atoms with Crippen LogP contribution >= 0.6 is 11.8 Å². The monoisotopic (exact) mass is 440 g/mol. The number of carbonyl (C=O) groups excluding carboxylic acids is 1. The van der Waals surface area contributed by atoms with Gasteiger partial charge >= 0.3 is 0 Å². The van der Waals surface area contributed by atoms with Crippen LogP contribution < -0.4 is 19.5 Å². The molecule has 4 rings (SSSR count). The Bertz CT molecular complexity index is 1070. The summed E-state index contributed by atoms with van der Waals surface area (Å²) in [6.45, 7) is 3.03. The smallest absolute Gasteiger partial charge is 0.230 e. The van der Waals surface area contributed by atoms with E-state index in [2.05, 4.69) is 15.5 Å². The van der Waals surface area contributed by atoms with Crippen LogP contribution in [0.25, 0.3) is 11.4 Å². The van der Waals surface area contributed by atoms with Crippen molar-refractivity contribution >= 4 is 17.7 Å². The number of amides is 1. The first-order valence-electron chi connectivity index (χ1n) is 9.90. The maximum Gasteiger partial charge on any atom is 0.230 e. The fourth-order valence-electron chi connectivity index (χ4n) is 3.26. The number of hydrogen-bond acceptors (Lipinski definition) is 7. The highest BCUT2D eigenvalue weighted by Crippen LogP contribution is 2.32. The number of hydrogen-bond donors (Lipinski definition) is 1. The number of nitrogens with one attached hydrogen (secondary N) is 1. The minimum absolute atomic E-state index is 0.0820. The molecule has 1 aliphatic heterocycles. The van der Waals surface area contributed by atoms with Crippen LogP contribution in [0.5, 0.6) is 17.2 Å². The van der Waals surface area contributed by atoms with Crippen molar-refractivity contribution in [2.45, 2.75) is 18.1 Å². The number of methoxy groups -OCH3 is 1. The van der Waals surface area contributed by atoms with E-state index in [4.69, 9.17) is 14.2 Å². The van der Waals surface area contributed by atoms with Crippen LogP contribution in [0.3, 0.4) is 0 Å². The van der Waals surface area contributed by atoms with E-state index in [1.165, 1.54) is 11.8 Å². The molecule has 0 radical (unpaired) electrons. The maximum absolute atomic E-state index is 12.5. The van der Waals surface area contributed by atoms with Gasteiger partial charge in [0.15, 0.2) is 22.5 Å². The lowest BCUT2D eigenvalue weighted by molar-refractivity contribution is -0.119. The summed E-state index contributed by atoms with van der Waals surface area (Å²) in [7, 11) is 3.52. The summed E-state index contributed by atoms with van der Waals surface area (Å²) in [5.74, 6) is 3.12. The first-order valence-corrected chi connectivity index (χ1v) is 10.9. The number of aromatic nitrogens is 3. The third kappa shape index (κ3) is 4.77. The molecule has 0 fully saturated rings. The molecule has 1 aromatic heterocycles. The van der Waals surface area contributed by atoms with Gasteiger partial charge in [0.05, 0.1) is 18.9 Å². The molecule has 0 saturated carbocycles. The second-order valence-electron chi connectivity index (χ2n) is 7.07. The molecule has 0 spiro atoms. The lowest BCUT2D eigenvalue weighted by atomic mass is 10.1. The van der Waals surface area contributed by atoms with E-state index in [1.807, 2.05) is 61.0 Å². The van der Waals surface area contributed by atoms with Crippen molar-refractivity contribution in [2.24, 2.45) is 7.05 Å². The van der Waals surface area contributed by atoms with Gasteiger partial charge in [-0.1, -0.05) is 17.8 Å². The molecular weight excluding hydrogens is 416 g/mol. The van der Waals surface area contributed by atoms with Gasteiger partial charge in [-0.25, -0.2) is 0 Å². The van der Waals surface area contributed by atoms with Crippen LogP contribution in [0.1, 0.15) is 18.5 Å². The van der Waals surface area contributed by atoms with Gasteiger partial charge in [-0.05, 0) is 48.9 Å². The van der Waals surface area contributed by atoms with E-state index < -0.39 is 0 Å². The summed E-state index contributed by atoms with van der Waals surface area (Å²) < 4.78 is 18.2. The zero-order valence-corrected chi connectivity index (χ0v) is 18.4. The topological polar surface area (TPSA) is 87.5 Å². The van der Waals surface area contributed by atoms with Crippen molar-refractivity contribution in [3.63, 3.8) is 0 Å². The Morgan fingerprint density at radius 3 is 2.65 bits per heavy atom. The average Bonchev–Trinajstić information content (AvgIpc) is 3.17. The van der Waals surface area contributed by atoms with E-state index >= 15 is 0 Å². The van der Waals surface area contributed by atoms with Crippen LogP contribution in [0, 0.1) is 0 Å². The van der Waals surface area contributed by atoms with Crippen molar-refractivity contribution < 1.29 is 19.0 Å². The van der Waals surface area contributed by atoms with E-state index in [0.29, 0.717) is 24.1 Å². The molecule has 2 heterocycles. The fourth-order valence-corrected chi connectivity index (χ4v) is 3.98. The number of fused-ring (bicyclic) bond motifs is 1. The molecule has 0 saturated heterocycles. The SMILES string of the molecule is COc1ccc(-c2nnc(SCC(=O)NC(C)c3ccc4c(c3)OCCO4)n2C)cc1. The summed E-state index contributed by atoms with van der Waals surface area (Å²) in [4.78, 5) is 12.5. The number of rotatable bonds is 7. The number of benzene rings is 2. The van der Waals surface area contributed by atoms with Crippen LogP contribution in [0.2, 0.25) is 0 Å². The third-order valence-electron chi connectivity index (χ3n) is 4.96. The first kappa shape index (κ1) is 21.0. The third-order valence-corrected chi connectivity index (χ3v) is 5.98. The van der Waals surface area contributed by atoms with Gasteiger partial charge in [0.2, 0.25) is 5.91 Å². The van der Waals surface area contributed by atoms with E-state index in [9.17, 15) is 4.79 Å². The van der Waals surface area contributed by atoms with Crippen LogP contribution in [-0.4, -0.2) is 46.7 Å². The average molecular weight is 441 g/mol. The molecule has 3 aromatic rings. The molecular formula is C22H24N4O4S. The highest BCUT2D eigenvalue weighted by Gasteiger charge is 2.17. The maximum atomic E-state index is 12.5. The van der Waals surface area contributed by atoms with Crippen molar-refractivity contribution in [2.75, 3.05) is 26.1 Å². The zero-order valence-electron chi connectivity index (χ0n) is 17.6. The summed E-state index contributed by atoms with van der Waals surface area (Å²) >= 11 is 1.35. The second kappa shape index (κ2) is 9.30. The van der Waals surface area contributed by atoms with E-state index in [-0.39, 0.29) is 17.7 Å². The van der Waals surface area contributed by atoms with E-state index in [0.717, 1.165) is 28.5 Å². The molecule has 9 heteroatoms. The Morgan fingerprint density at radius 2 is 1.90 bits per heavy atom. The van der Waals surface area contributed by atoms with Gasteiger partial charge in [0.25, 0.3) is 0 Å². The molecule has 1 aliphatic rings. The van der Waals surface area contributed by atoms with Crippen molar-refractivity contribution in [3.05, 3.63) is 48.0 Å². The van der Waals surface area contributed by atoms with Gasteiger partial charge in [-0.15, -0.1) is 10.2 Å². The molecule has 0 bridgehead atoms. The van der Waals surface area contributed by atoms with Crippen LogP contribution in [-0.2, 0) is 11.8 Å². The molecule has 1 amide bonds. The number of thioether (sulfide) groups is 1. The Morgan fingerprint density at radius 1 is 1.16 bits per heavy atom. The minimum Gasteiger partial charge on any atom is -0.497 e. The lowest BCUT2D eigenvalue weighted by Gasteiger charge is -2.21. The standard InChI is InChI=1S/C22H24N4O4S/c1-14(16-6-9-18-19(12-16)30-11-10-29-18)23-20(27)13-31-22-25-24-21(26(22)2)15-4-7-17(28-3)8-5-15/h4-9,12,14H,10-11,13H2,1-3H3,(H,23,27). The summed E-state index contributed by atoms with van der Waals surface area (Å²) in [5.41, 5.74) is 1.89. The van der Waals surface area contributed by atoms with Gasteiger partial charge in [0, 0.05) is 12.6 Å². The predicted molar refractivity (Wildman–Crippen MR) is 118 cm³/mol. The zero-order chi connectivity index (χ0) is 21.8. The van der Waals surface area contributed by atoms with Gasteiger partial charge in [-0.3, -0.25) is 4.79 Å². The lowest BCUT2D eigenvalue weighted by Crippen LogP contribution is -2.28. The second-order valence-corrected chi connectivity index (χ2v) is 8.02. The Balaban J connectivity index is 1.35. The quantitative estimate of drug-likeness (QED) is 0.565. The highest BCUT2D eigenvalue weighted by atomic mass is 32.2. The summed E-state index contributed by atoms with van der Waals surface area (Å²) in [5, 5.41) is 12.2. The summed E-state index contributed by atoms with van der Waals surface area (Å²) in [6, 6.07) is 13.2. The number of nitrogens with zero attached hydrogens (tertiary/aromatic N) is 3. The largest absolute Gasteiger partial charge is 0.497 e. The highest BCUT2D eigenvalue weighted by molar-refractivity contribution is 7.99. The van der Waals surface area contributed by atoms with Crippen molar-refractivity contribution in [1.29, 1.82) is 0 Å². The first-order chi connectivity index (χ1) is 15.0. The fraction of sp³-hybridized carbons (Fsp3) is 0.318. The van der Waals surface area contributed by atoms with Crippen molar-refractivity contribution in [1.82, 2.24) is 20.1 Å². The van der Waals surface area contributed by atoms with Gasteiger partial charge in [0.1, 0.15) is 19.0 Å². The normalized spacial score (nSPS) is 13.5. The Kier molecular flexibility index (Phi) is 6.31. The van der Waals surface area contributed by atoms with Gasteiger partial charge < -0.3 is 24.1 Å². The molecule has 1 N–H and O–H groups in total. The van der Waals surface area contributed by atoms with Crippen LogP contribution in [0.15, 0.2) is 47.6 Å². The number of ether oxygens (including phenoxy) is 3. The predicted octanol–water partition coefficient (Wildman–Crippen LogP) is 3.23.